The van der Waals surface area contributed by atoms with Gasteiger partial charge < -0.3 is 14.5 Å². The third-order valence-electron chi connectivity index (χ3n) is 12.6. The molecule has 0 atom stereocenters. The van der Waals surface area contributed by atoms with Crippen LogP contribution in [0.15, 0.2) is 182 Å². The Bertz CT molecular complexity index is 2890. The Labute approximate surface area is 335 Å². The van der Waals surface area contributed by atoms with E-state index in [1.807, 2.05) is 6.07 Å². The van der Waals surface area contributed by atoms with Gasteiger partial charge in [-0.3, -0.25) is 0 Å². The third kappa shape index (κ3) is 4.91. The second kappa shape index (κ2) is 12.3. The van der Waals surface area contributed by atoms with E-state index in [0.717, 1.165) is 39.9 Å². The van der Waals surface area contributed by atoms with E-state index in [1.54, 1.807) is 0 Å². The minimum Gasteiger partial charge on any atom is -0.453 e. The Morgan fingerprint density at radius 1 is 0.421 bits per heavy atom. The van der Waals surface area contributed by atoms with E-state index in [2.05, 4.69) is 213 Å². The summed E-state index contributed by atoms with van der Waals surface area (Å²) in [5.74, 6) is 1.77. The Morgan fingerprint density at radius 3 is 1.86 bits per heavy atom. The number of hydrogen-bond donors (Lipinski definition) is 0. The summed E-state index contributed by atoms with van der Waals surface area (Å²) in [7, 11) is 0. The maximum atomic E-state index is 6.50. The van der Waals surface area contributed by atoms with Crippen LogP contribution in [0.2, 0.25) is 0 Å². The topological polar surface area (TPSA) is 15.7 Å². The molecule has 0 aromatic heterocycles. The Morgan fingerprint density at radius 2 is 1.02 bits per heavy atom. The molecule has 3 heteroatoms. The number of benzene rings is 8. The maximum absolute atomic E-state index is 6.50. The van der Waals surface area contributed by atoms with Crippen LogP contribution in [0.25, 0.3) is 33.4 Å². The minimum atomic E-state index is -0.280. The molecular weight excluding hydrogens is 693 g/mol. The highest BCUT2D eigenvalue weighted by atomic mass is 16.5. The fourth-order valence-corrected chi connectivity index (χ4v) is 9.89. The van der Waals surface area contributed by atoms with E-state index >= 15 is 0 Å². The molecule has 0 radical (unpaired) electrons. The summed E-state index contributed by atoms with van der Waals surface area (Å²) >= 11 is 0. The molecule has 0 fully saturated rings. The van der Waals surface area contributed by atoms with E-state index in [0.29, 0.717) is 0 Å². The lowest BCUT2D eigenvalue weighted by atomic mass is 9.70. The third-order valence-corrected chi connectivity index (χ3v) is 12.6. The van der Waals surface area contributed by atoms with E-state index in [1.165, 1.54) is 61.3 Å². The minimum absolute atomic E-state index is 0.115. The predicted molar refractivity (Wildman–Crippen MR) is 236 cm³/mol. The van der Waals surface area contributed by atoms with Gasteiger partial charge in [0.15, 0.2) is 11.5 Å². The highest BCUT2D eigenvalue weighted by molar-refractivity contribution is 5.96. The number of fused-ring (bicyclic) bond motifs is 7. The van der Waals surface area contributed by atoms with Crippen LogP contribution in [0.3, 0.4) is 0 Å². The van der Waals surface area contributed by atoms with Gasteiger partial charge in [-0.2, -0.15) is 0 Å². The number of para-hydroxylation sites is 4. The van der Waals surface area contributed by atoms with Crippen LogP contribution >= 0.6 is 0 Å². The first-order chi connectivity index (χ1) is 27.8. The highest BCUT2D eigenvalue weighted by Gasteiger charge is 2.43. The molecule has 8 aromatic rings. The molecule has 0 amide bonds. The van der Waals surface area contributed by atoms with Crippen LogP contribution in [-0.4, -0.2) is 0 Å². The number of anilines is 6. The molecule has 0 spiro atoms. The molecule has 3 aliphatic rings. The molecule has 8 aromatic carbocycles. The molecule has 0 saturated carbocycles. The quantitative estimate of drug-likeness (QED) is 0.175. The number of hydrogen-bond acceptors (Lipinski definition) is 3. The van der Waals surface area contributed by atoms with Crippen molar-refractivity contribution in [2.75, 3.05) is 9.80 Å². The van der Waals surface area contributed by atoms with Gasteiger partial charge in [-0.25, -0.2) is 0 Å². The summed E-state index contributed by atoms with van der Waals surface area (Å²) in [6.45, 7) is 9.42. The summed E-state index contributed by atoms with van der Waals surface area (Å²) in [4.78, 5) is 4.86. The largest absolute Gasteiger partial charge is 0.453 e. The number of ether oxygens (including phenoxy) is 1. The summed E-state index contributed by atoms with van der Waals surface area (Å²) in [5, 5.41) is 0. The lowest BCUT2D eigenvalue weighted by molar-refractivity contribution is 0.471. The molecule has 0 saturated heterocycles. The predicted octanol–water partition coefficient (Wildman–Crippen LogP) is 15.0. The fraction of sp³-hybridized carbons (Fsp3) is 0.111. The Kier molecular flexibility index (Phi) is 7.25. The molecule has 57 heavy (non-hydrogen) atoms. The van der Waals surface area contributed by atoms with E-state index in [9.17, 15) is 0 Å². The van der Waals surface area contributed by atoms with E-state index < -0.39 is 0 Å². The van der Waals surface area contributed by atoms with Crippen molar-refractivity contribution < 1.29 is 4.74 Å². The first-order valence-electron chi connectivity index (χ1n) is 19.9. The Hall–Kier alpha value is -6.84. The summed E-state index contributed by atoms with van der Waals surface area (Å²) in [5.41, 5.74) is 19.1. The van der Waals surface area contributed by atoms with Crippen molar-refractivity contribution in [3.05, 3.63) is 204 Å². The van der Waals surface area contributed by atoms with Crippen LogP contribution in [-0.2, 0) is 10.8 Å². The zero-order valence-electron chi connectivity index (χ0n) is 32.6. The Balaban J connectivity index is 1.07. The van der Waals surface area contributed by atoms with Gasteiger partial charge in [0, 0.05) is 27.8 Å². The van der Waals surface area contributed by atoms with Crippen LogP contribution in [0.4, 0.5) is 34.1 Å². The van der Waals surface area contributed by atoms with Gasteiger partial charge in [-0.05, 0) is 105 Å². The van der Waals surface area contributed by atoms with Crippen LogP contribution in [0.1, 0.15) is 49.9 Å². The van der Waals surface area contributed by atoms with E-state index in [-0.39, 0.29) is 10.8 Å². The van der Waals surface area contributed by atoms with Gasteiger partial charge in [0.2, 0.25) is 0 Å². The number of rotatable bonds is 5. The summed E-state index contributed by atoms with van der Waals surface area (Å²) in [6, 6.07) is 66.3. The lowest BCUT2D eigenvalue weighted by Gasteiger charge is -2.45. The SMILES string of the molecule is CC1(C)c2ccccc2-c2ccc(N(c3ccc(-c4cccc5c4C(C)(C)c4cccc6c4N5c4ccccc4O6)cc3)c3ccccc3-c3ccccc3)cc21. The van der Waals surface area contributed by atoms with Gasteiger partial charge in [-0.15, -0.1) is 0 Å². The van der Waals surface area contributed by atoms with Crippen molar-refractivity contribution in [2.45, 2.75) is 38.5 Å². The molecular formula is C54H42N2O. The van der Waals surface area contributed by atoms with Gasteiger partial charge in [0.25, 0.3) is 0 Å². The number of nitrogens with zero attached hydrogens (tertiary/aromatic N) is 2. The van der Waals surface area contributed by atoms with Crippen LogP contribution < -0.4 is 14.5 Å². The van der Waals surface area contributed by atoms with Crippen molar-refractivity contribution >= 4 is 34.1 Å². The highest BCUT2D eigenvalue weighted by Crippen LogP contribution is 2.61. The standard InChI is InChI=1S/C54H42N2O/c1-53(2)43-21-10-8-19-41(43)42-33-32-38(34-45(42)53)55(46-23-11-9-18-39(46)35-16-6-5-7-17-35)37-30-28-36(29-31-37)40-20-14-25-48-51(40)54(3,4)44-22-15-27-50-52(44)56(48)47-24-12-13-26-49(47)57-50/h5-34H,1-4H3. The molecule has 2 aliphatic heterocycles. The second-order valence-corrected chi connectivity index (χ2v) is 16.5. The molecule has 274 valence electrons. The zero-order chi connectivity index (χ0) is 38.5. The molecule has 0 bridgehead atoms. The fourth-order valence-electron chi connectivity index (χ4n) is 9.89. The van der Waals surface area contributed by atoms with Gasteiger partial charge in [0.1, 0.15) is 0 Å². The van der Waals surface area contributed by atoms with Gasteiger partial charge in [-0.1, -0.05) is 155 Å². The average molecular weight is 735 g/mol. The summed E-state index contributed by atoms with van der Waals surface area (Å²) < 4.78 is 6.50. The first kappa shape index (κ1) is 33.5. The van der Waals surface area contributed by atoms with Crippen molar-refractivity contribution in [3.8, 4) is 44.9 Å². The smallest absolute Gasteiger partial charge is 0.151 e. The first-order valence-corrected chi connectivity index (χ1v) is 19.9. The van der Waals surface area contributed by atoms with Gasteiger partial charge in [0.05, 0.1) is 22.7 Å². The molecule has 11 rings (SSSR count). The van der Waals surface area contributed by atoms with E-state index in [4.69, 9.17) is 4.74 Å². The lowest BCUT2D eigenvalue weighted by Crippen LogP contribution is -2.32. The maximum Gasteiger partial charge on any atom is 0.151 e. The van der Waals surface area contributed by atoms with Crippen LogP contribution in [0, 0.1) is 0 Å². The van der Waals surface area contributed by atoms with Crippen molar-refractivity contribution in [2.24, 2.45) is 0 Å². The summed E-state index contributed by atoms with van der Waals surface area (Å²) in [6.07, 6.45) is 0. The second-order valence-electron chi connectivity index (χ2n) is 16.5. The molecule has 2 heterocycles. The average Bonchev–Trinajstić information content (AvgIpc) is 3.48. The van der Waals surface area contributed by atoms with Gasteiger partial charge >= 0.3 is 0 Å². The molecule has 0 N–H and O–H groups in total. The monoisotopic (exact) mass is 734 g/mol. The zero-order valence-corrected chi connectivity index (χ0v) is 32.6. The normalized spacial score (nSPS) is 14.7. The molecule has 3 nitrogen and oxygen atoms in total. The molecule has 0 unspecified atom stereocenters. The van der Waals surface area contributed by atoms with Crippen molar-refractivity contribution in [3.63, 3.8) is 0 Å². The van der Waals surface area contributed by atoms with Crippen molar-refractivity contribution in [1.82, 2.24) is 0 Å². The van der Waals surface area contributed by atoms with Crippen molar-refractivity contribution in [1.29, 1.82) is 0 Å². The van der Waals surface area contributed by atoms with Crippen LogP contribution in [0.5, 0.6) is 11.5 Å². The molecule has 1 aliphatic carbocycles.